The van der Waals surface area contributed by atoms with Crippen LogP contribution in [0.3, 0.4) is 0 Å². The smallest absolute Gasteiger partial charge is 0.415 e. The monoisotopic (exact) mass is 1110 g/mol. The van der Waals surface area contributed by atoms with Gasteiger partial charge in [-0.3, -0.25) is 14.4 Å². The predicted octanol–water partition coefficient (Wildman–Crippen LogP) is 7.65. The lowest BCUT2D eigenvalue weighted by molar-refractivity contribution is -0.172. The highest BCUT2D eigenvalue weighted by molar-refractivity contribution is 6.04. The molecule has 9 heterocycles. The van der Waals surface area contributed by atoms with E-state index in [-0.39, 0.29) is 48.6 Å². The van der Waals surface area contributed by atoms with Gasteiger partial charge >= 0.3 is 12.1 Å². The third-order valence-corrected chi connectivity index (χ3v) is 18.1. The fraction of sp³-hybridized carbons (Fsp3) is 0.541. The molecular formula is C61H77N11O9. The quantitative estimate of drug-likeness (QED) is 0.106. The first-order chi connectivity index (χ1) is 39.2. The average Bonchev–Trinajstić information content (AvgIpc) is 4.34. The molecule has 0 spiro atoms. The van der Waals surface area contributed by atoms with Crippen LogP contribution < -0.4 is 35.5 Å². The zero-order valence-electron chi connectivity index (χ0n) is 47.7. The van der Waals surface area contributed by atoms with E-state index in [1.54, 1.807) is 61.0 Å². The van der Waals surface area contributed by atoms with Crippen molar-refractivity contribution in [3.05, 3.63) is 86.8 Å². The van der Waals surface area contributed by atoms with Gasteiger partial charge in [0.2, 0.25) is 11.9 Å². The van der Waals surface area contributed by atoms with E-state index in [1.165, 1.54) is 45.2 Å². The molecule has 3 amide bonds. The zero-order chi connectivity index (χ0) is 56.7. The van der Waals surface area contributed by atoms with Gasteiger partial charge < -0.3 is 59.0 Å². The van der Waals surface area contributed by atoms with Crippen molar-refractivity contribution in [3.8, 4) is 22.9 Å². The molecule has 1 saturated carbocycles. The number of aliphatic hydroxyl groups is 1. The Morgan fingerprint density at radius 1 is 0.840 bits per heavy atom. The number of pyridine rings is 2. The number of aromatic nitrogens is 4. The minimum atomic E-state index is -1.86. The molecule has 3 saturated heterocycles. The number of likely N-dealkylation sites (tertiary alicyclic amines) is 3. The number of hydrogen-bond acceptors (Lipinski definition) is 16. The van der Waals surface area contributed by atoms with Crippen LogP contribution >= 0.6 is 0 Å². The predicted molar refractivity (Wildman–Crippen MR) is 308 cm³/mol. The lowest BCUT2D eigenvalue weighted by Gasteiger charge is -2.43. The molecule has 0 radical (unpaired) electrons. The van der Waals surface area contributed by atoms with E-state index in [4.69, 9.17) is 24.2 Å². The summed E-state index contributed by atoms with van der Waals surface area (Å²) in [7, 11) is 5.48. The number of fused-ring (bicyclic) bond motifs is 6. The minimum Gasteiger partial charge on any atom is -0.495 e. The van der Waals surface area contributed by atoms with Gasteiger partial charge in [-0.25, -0.2) is 19.6 Å². The van der Waals surface area contributed by atoms with Crippen LogP contribution in [0.2, 0.25) is 0 Å². The van der Waals surface area contributed by atoms with Gasteiger partial charge in [-0.15, -0.1) is 0 Å². The lowest BCUT2D eigenvalue weighted by Crippen LogP contribution is -2.55. The number of nitrogens with zero attached hydrogens (tertiary/aromatic N) is 9. The number of rotatable bonds is 11. The van der Waals surface area contributed by atoms with Gasteiger partial charge in [-0.2, -0.15) is 4.98 Å². The second-order valence-corrected chi connectivity index (χ2v) is 22.9. The number of carbonyl (C=O) groups is 4. The summed E-state index contributed by atoms with van der Waals surface area (Å²) < 4.78 is 18.3. The molecule has 0 unspecified atom stereocenters. The number of ether oxygens (including phenoxy) is 3. The molecule has 3 aromatic heterocycles. The average molecular weight is 1110 g/mol. The fourth-order valence-electron chi connectivity index (χ4n) is 13.4. The van der Waals surface area contributed by atoms with Gasteiger partial charge in [0, 0.05) is 60.3 Å². The molecule has 6 aliphatic heterocycles. The maximum absolute atomic E-state index is 13.6. The van der Waals surface area contributed by atoms with Crippen LogP contribution in [0.5, 0.6) is 11.5 Å². The van der Waals surface area contributed by atoms with Crippen LogP contribution in [0.4, 0.5) is 27.9 Å². The van der Waals surface area contributed by atoms with E-state index < -0.39 is 11.6 Å². The first-order valence-corrected chi connectivity index (χ1v) is 29.4. The summed E-state index contributed by atoms with van der Waals surface area (Å²) in [5.74, 6) is 1.47. The second kappa shape index (κ2) is 23.4. The topological polar surface area (TPSA) is 217 Å². The summed E-state index contributed by atoms with van der Waals surface area (Å²) in [6.07, 6.45) is 15.1. The lowest BCUT2D eigenvalue weighted by atomic mass is 9.86. The summed E-state index contributed by atoms with van der Waals surface area (Å²) in [6.45, 7) is 11.7. The number of anilines is 4. The first kappa shape index (κ1) is 55.7. The third kappa shape index (κ3) is 10.7. The standard InChI is InChI=1S/C33H38N4O6.C28H39N7O3/c1-3-22-23-16-21(43-32(40)36-14-10-20(11-15-36)35-12-6-5-7-13-35)8-9-27(23)34-29-24(22)18-37-28(29)17-26-25(30(37)38)19-42-31(39)33(26,41)4-2;1-5-22-27(37)34(3)23-17-29-28(32-25(23)35(22)20-8-6-7-9-20)31-21-11-10-18(16-24(21)38-4)26(36)30-19-12-14-33(2)15-13-19/h8-9,16-17,20,41H,3-7,10-15,18-19H2,1-2H3;10-11,16-17,19-20,22H,5-9,12-15H2,1-4H3,(H,30,36)(H,29,31,32)/t33-;22-/m01/s1. The Morgan fingerprint density at radius 3 is 2.30 bits per heavy atom. The summed E-state index contributed by atoms with van der Waals surface area (Å²) in [5.41, 5.74) is 4.33. The van der Waals surface area contributed by atoms with Crippen LogP contribution in [0.25, 0.3) is 22.3 Å². The Labute approximate surface area is 473 Å². The van der Waals surface area contributed by atoms with Crippen LogP contribution in [0, 0.1) is 0 Å². The number of benzene rings is 2. The van der Waals surface area contributed by atoms with E-state index >= 15 is 0 Å². The number of carbonyl (C=O) groups excluding carboxylic acids is 4. The zero-order valence-corrected chi connectivity index (χ0v) is 47.7. The van der Waals surface area contributed by atoms with Crippen molar-refractivity contribution in [2.75, 3.05) is 75.6 Å². The highest BCUT2D eigenvalue weighted by atomic mass is 16.6. The maximum atomic E-state index is 13.6. The van der Waals surface area contributed by atoms with Crippen molar-refractivity contribution in [2.24, 2.45) is 0 Å². The van der Waals surface area contributed by atoms with Crippen LogP contribution in [0.1, 0.15) is 137 Å². The molecule has 2 aromatic carbocycles. The van der Waals surface area contributed by atoms with Gasteiger partial charge in [-0.05, 0) is 152 Å². The molecule has 2 atom stereocenters. The number of hydrogen-bond donors (Lipinski definition) is 3. The number of methoxy groups -OCH3 is 1. The summed E-state index contributed by atoms with van der Waals surface area (Å²) >= 11 is 0. The molecule has 20 nitrogen and oxygen atoms in total. The molecule has 1 aliphatic carbocycles. The number of piperidine rings is 3. The summed E-state index contributed by atoms with van der Waals surface area (Å²) in [6, 6.07) is 13.4. The highest BCUT2D eigenvalue weighted by Crippen LogP contribution is 2.43. The Morgan fingerprint density at radius 2 is 1.59 bits per heavy atom. The fourth-order valence-corrected chi connectivity index (χ4v) is 13.4. The number of aryl methyl sites for hydroxylation is 1. The van der Waals surface area contributed by atoms with Crippen molar-refractivity contribution in [1.29, 1.82) is 0 Å². The van der Waals surface area contributed by atoms with E-state index in [1.807, 2.05) is 23.1 Å². The van der Waals surface area contributed by atoms with Gasteiger partial charge in [-0.1, -0.05) is 40.0 Å². The molecule has 3 N–H and O–H groups in total. The van der Waals surface area contributed by atoms with Crippen molar-refractivity contribution in [2.45, 2.75) is 154 Å². The molecule has 20 heteroatoms. The molecule has 7 aliphatic rings. The van der Waals surface area contributed by atoms with Crippen LogP contribution in [-0.4, -0.2) is 148 Å². The van der Waals surface area contributed by atoms with Crippen molar-refractivity contribution in [3.63, 3.8) is 0 Å². The molecule has 0 bridgehead atoms. The van der Waals surface area contributed by atoms with Crippen LogP contribution in [0.15, 0.2) is 53.5 Å². The number of nitrogens with one attached hydrogen (secondary N) is 2. The molecule has 12 rings (SSSR count). The largest absolute Gasteiger partial charge is 0.495 e. The maximum Gasteiger partial charge on any atom is 0.415 e. The number of likely N-dealkylation sites (N-methyl/N-ethyl adjacent to an activating group) is 1. The van der Waals surface area contributed by atoms with Gasteiger partial charge in [0.05, 0.1) is 48.0 Å². The van der Waals surface area contributed by atoms with Crippen molar-refractivity contribution >= 4 is 57.9 Å². The Hall–Kier alpha value is -7.16. The Balaban J connectivity index is 0.000000172. The van der Waals surface area contributed by atoms with Crippen LogP contribution in [-0.2, 0) is 39.5 Å². The van der Waals surface area contributed by atoms with E-state index in [9.17, 15) is 29.1 Å². The van der Waals surface area contributed by atoms with E-state index in [0.29, 0.717) is 89.4 Å². The third-order valence-electron chi connectivity index (χ3n) is 18.1. The Kier molecular flexibility index (Phi) is 16.1. The van der Waals surface area contributed by atoms with E-state index in [0.717, 1.165) is 91.6 Å². The number of amides is 3. The SMILES string of the molecule is CC[C@@H]1C(=O)N(C)c2cnc(Nc3ccc(C(=O)NC4CCN(C)CC4)cc3OC)nc2N1C1CCCC1.CCc1c2c(nc3ccc(OC(=O)N4CCC(N5CCCCC5)CC4)cc13)-c1cc3c(c(=O)n1C2)COC(=O)[C@]3(O)CC. The molecule has 5 aromatic rings. The summed E-state index contributed by atoms with van der Waals surface area (Å²) in [4.78, 5) is 90.2. The van der Waals surface area contributed by atoms with Gasteiger partial charge in [0.15, 0.2) is 11.4 Å². The highest BCUT2D eigenvalue weighted by Gasteiger charge is 2.46. The molecular weight excluding hydrogens is 1030 g/mol. The number of esters is 1. The van der Waals surface area contributed by atoms with Gasteiger partial charge in [0.1, 0.15) is 29.8 Å². The first-order valence-electron chi connectivity index (χ1n) is 29.4. The molecule has 430 valence electrons. The van der Waals surface area contributed by atoms with Gasteiger partial charge in [0.25, 0.3) is 11.5 Å². The number of cyclic esters (lactones) is 1. The normalized spacial score (nSPS) is 21.6. The second-order valence-electron chi connectivity index (χ2n) is 22.9. The molecule has 81 heavy (non-hydrogen) atoms. The summed E-state index contributed by atoms with van der Waals surface area (Å²) in [5, 5.41) is 18.5. The van der Waals surface area contributed by atoms with E-state index in [2.05, 4.69) is 51.2 Å². The molecule has 4 fully saturated rings. The Bertz CT molecular complexity index is 3290. The van der Waals surface area contributed by atoms with Crippen molar-refractivity contribution < 1.29 is 38.5 Å². The minimum absolute atomic E-state index is 0.0898. The van der Waals surface area contributed by atoms with Crippen molar-refractivity contribution in [1.82, 2.24) is 39.5 Å².